The van der Waals surface area contributed by atoms with E-state index in [0.717, 1.165) is 35.7 Å². The van der Waals surface area contributed by atoms with Crippen LogP contribution in [0.25, 0.3) is 5.57 Å². The number of benzene rings is 1. The molecule has 4 nitrogen and oxygen atoms in total. The van der Waals surface area contributed by atoms with Crippen LogP contribution in [0.1, 0.15) is 17.7 Å². The first-order valence-corrected chi connectivity index (χ1v) is 8.73. The van der Waals surface area contributed by atoms with Gasteiger partial charge in [-0.3, -0.25) is 9.59 Å². The Bertz CT molecular complexity index is 838. The first-order chi connectivity index (χ1) is 11.7. The van der Waals surface area contributed by atoms with Gasteiger partial charge in [-0.25, -0.2) is 9.29 Å². The van der Waals surface area contributed by atoms with E-state index < -0.39 is 17.6 Å². The molecule has 0 bridgehead atoms. The van der Waals surface area contributed by atoms with Crippen molar-refractivity contribution >= 4 is 34.4 Å². The van der Waals surface area contributed by atoms with E-state index in [1.807, 2.05) is 22.4 Å². The minimum Gasteiger partial charge on any atom is -0.366 e. The number of hydrogen-bond acceptors (Lipinski definition) is 4. The molecule has 2 aliphatic rings. The first kappa shape index (κ1) is 15.1. The molecule has 2 aromatic rings. The number of thiophene rings is 1. The summed E-state index contributed by atoms with van der Waals surface area (Å²) in [7, 11) is 0. The summed E-state index contributed by atoms with van der Waals surface area (Å²) in [4.78, 5) is 29.7. The van der Waals surface area contributed by atoms with E-state index in [9.17, 15) is 14.0 Å². The van der Waals surface area contributed by atoms with Crippen molar-refractivity contribution in [1.82, 2.24) is 4.90 Å². The molecule has 2 aliphatic heterocycles. The van der Waals surface area contributed by atoms with Gasteiger partial charge in [-0.2, -0.15) is 0 Å². The summed E-state index contributed by atoms with van der Waals surface area (Å²) in [5, 5.41) is 1.87. The third-order valence-electron chi connectivity index (χ3n) is 4.34. The average Bonchev–Trinajstić information content (AvgIpc) is 3.30. The summed E-state index contributed by atoms with van der Waals surface area (Å²) in [6.45, 7) is 1.49. The smallest absolute Gasteiger partial charge is 0.282 e. The van der Waals surface area contributed by atoms with Gasteiger partial charge < -0.3 is 4.90 Å². The van der Waals surface area contributed by atoms with Crippen LogP contribution in [0.4, 0.5) is 10.1 Å². The molecule has 3 heterocycles. The van der Waals surface area contributed by atoms with Crippen LogP contribution in [0.2, 0.25) is 0 Å². The maximum atomic E-state index is 14.2. The highest BCUT2D eigenvalue weighted by molar-refractivity contribution is 7.11. The minimum atomic E-state index is -0.576. The zero-order valence-corrected chi connectivity index (χ0v) is 13.7. The third-order valence-corrected chi connectivity index (χ3v) is 5.23. The van der Waals surface area contributed by atoms with Gasteiger partial charge >= 0.3 is 0 Å². The van der Waals surface area contributed by atoms with Crippen molar-refractivity contribution < 1.29 is 14.0 Å². The molecule has 0 saturated carbocycles. The van der Waals surface area contributed by atoms with Crippen molar-refractivity contribution in [3.05, 3.63) is 58.2 Å². The van der Waals surface area contributed by atoms with Crippen LogP contribution in [0.15, 0.2) is 47.5 Å². The molecule has 1 aromatic heterocycles. The highest BCUT2D eigenvalue weighted by atomic mass is 32.1. The molecule has 6 heteroatoms. The maximum absolute atomic E-state index is 14.2. The van der Waals surface area contributed by atoms with Gasteiger partial charge in [0.2, 0.25) is 0 Å². The number of likely N-dealkylation sites (tertiary alicyclic amines) is 1. The number of carbonyl (C=O) groups is 2. The van der Waals surface area contributed by atoms with E-state index in [2.05, 4.69) is 0 Å². The predicted octanol–water partition coefficient (Wildman–Crippen LogP) is 3.27. The molecule has 1 aromatic carbocycles. The number of carbonyl (C=O) groups excluding carboxylic acids is 2. The van der Waals surface area contributed by atoms with Crippen molar-refractivity contribution in [2.75, 3.05) is 18.0 Å². The Hall–Kier alpha value is -2.47. The van der Waals surface area contributed by atoms with Crippen LogP contribution in [0, 0.1) is 5.82 Å². The topological polar surface area (TPSA) is 40.6 Å². The van der Waals surface area contributed by atoms with Gasteiger partial charge in [0.05, 0.1) is 11.3 Å². The van der Waals surface area contributed by atoms with Crippen LogP contribution < -0.4 is 4.90 Å². The summed E-state index contributed by atoms with van der Waals surface area (Å²) in [5.74, 6) is -1.46. The molecule has 1 saturated heterocycles. The van der Waals surface area contributed by atoms with Crippen LogP contribution in [0.3, 0.4) is 0 Å². The summed E-state index contributed by atoms with van der Waals surface area (Å²) in [5.41, 5.74) is 0.805. The second-order valence-electron chi connectivity index (χ2n) is 5.79. The molecule has 0 radical (unpaired) electrons. The molecule has 4 rings (SSSR count). The minimum absolute atomic E-state index is 0.00996. The third kappa shape index (κ3) is 2.26. The summed E-state index contributed by atoms with van der Waals surface area (Å²) in [6.07, 6.45) is 1.98. The summed E-state index contributed by atoms with van der Waals surface area (Å²) in [6, 6.07) is 9.55. The summed E-state index contributed by atoms with van der Waals surface area (Å²) >= 11 is 1.41. The number of imide groups is 1. The van der Waals surface area contributed by atoms with E-state index in [0.29, 0.717) is 11.3 Å². The SMILES string of the molecule is O=C1C(c2cccs2)=C(N2CCCC2)C(=O)N1c1ccccc1F. The standard InChI is InChI=1S/C18H15FN2O2S/c19-12-6-1-2-7-13(12)21-17(22)15(14-8-5-11-24-14)16(18(21)23)20-9-3-4-10-20/h1-2,5-8,11H,3-4,9-10H2. The zero-order chi connectivity index (χ0) is 16.7. The maximum Gasteiger partial charge on any atom is 0.282 e. The zero-order valence-electron chi connectivity index (χ0n) is 12.9. The number of rotatable bonds is 3. The van der Waals surface area contributed by atoms with Crippen molar-refractivity contribution in [3.63, 3.8) is 0 Å². The Balaban J connectivity index is 1.85. The summed E-state index contributed by atoms with van der Waals surface area (Å²) < 4.78 is 14.2. The fourth-order valence-corrected chi connectivity index (χ4v) is 4.01. The number of anilines is 1. The molecular formula is C18H15FN2O2S. The Morgan fingerprint density at radius 3 is 2.38 bits per heavy atom. The molecule has 122 valence electrons. The Morgan fingerprint density at radius 2 is 1.71 bits per heavy atom. The first-order valence-electron chi connectivity index (χ1n) is 7.85. The van der Waals surface area contributed by atoms with Gasteiger partial charge in [0.1, 0.15) is 11.5 Å². The van der Waals surface area contributed by atoms with E-state index in [4.69, 9.17) is 0 Å². The molecular weight excluding hydrogens is 327 g/mol. The molecule has 1 fully saturated rings. The van der Waals surface area contributed by atoms with Gasteiger partial charge in [-0.15, -0.1) is 11.3 Å². The highest BCUT2D eigenvalue weighted by Crippen LogP contribution is 2.38. The lowest BCUT2D eigenvalue weighted by molar-refractivity contribution is -0.120. The fourth-order valence-electron chi connectivity index (χ4n) is 3.25. The van der Waals surface area contributed by atoms with E-state index in [1.54, 1.807) is 12.1 Å². The lowest BCUT2D eigenvalue weighted by atomic mass is 10.2. The predicted molar refractivity (Wildman–Crippen MR) is 90.9 cm³/mol. The Kier molecular flexibility index (Phi) is 3.69. The van der Waals surface area contributed by atoms with Crippen LogP contribution in [-0.2, 0) is 9.59 Å². The van der Waals surface area contributed by atoms with E-state index in [1.165, 1.54) is 23.5 Å². The Labute approximate surface area is 142 Å². The number of halogens is 1. The molecule has 2 amide bonds. The van der Waals surface area contributed by atoms with Crippen molar-refractivity contribution in [2.45, 2.75) is 12.8 Å². The molecule has 0 N–H and O–H groups in total. The Morgan fingerprint density at radius 1 is 0.958 bits per heavy atom. The van der Waals surface area contributed by atoms with Gasteiger partial charge in [-0.1, -0.05) is 18.2 Å². The quantitative estimate of drug-likeness (QED) is 0.804. The van der Waals surface area contributed by atoms with E-state index >= 15 is 0 Å². The number of para-hydroxylation sites is 1. The van der Waals surface area contributed by atoms with Crippen molar-refractivity contribution in [1.29, 1.82) is 0 Å². The van der Waals surface area contributed by atoms with Crippen molar-refractivity contribution in [2.24, 2.45) is 0 Å². The molecule has 24 heavy (non-hydrogen) atoms. The molecule has 0 atom stereocenters. The monoisotopic (exact) mass is 342 g/mol. The average molecular weight is 342 g/mol. The van der Waals surface area contributed by atoms with E-state index in [-0.39, 0.29) is 5.69 Å². The van der Waals surface area contributed by atoms with Crippen LogP contribution >= 0.6 is 11.3 Å². The molecule has 0 aliphatic carbocycles. The number of amides is 2. The highest BCUT2D eigenvalue weighted by Gasteiger charge is 2.44. The van der Waals surface area contributed by atoms with Gasteiger partial charge in [0.15, 0.2) is 0 Å². The van der Waals surface area contributed by atoms with Crippen LogP contribution in [-0.4, -0.2) is 29.8 Å². The normalized spacial score (nSPS) is 18.2. The molecule has 0 spiro atoms. The number of hydrogen-bond donors (Lipinski definition) is 0. The van der Waals surface area contributed by atoms with Gasteiger partial charge in [0.25, 0.3) is 11.8 Å². The van der Waals surface area contributed by atoms with Crippen molar-refractivity contribution in [3.8, 4) is 0 Å². The lowest BCUT2D eigenvalue weighted by Gasteiger charge is -2.20. The van der Waals surface area contributed by atoms with Crippen LogP contribution in [0.5, 0.6) is 0 Å². The van der Waals surface area contributed by atoms with Gasteiger partial charge in [0, 0.05) is 18.0 Å². The fraction of sp³-hybridized carbons (Fsp3) is 0.222. The number of nitrogens with zero attached hydrogens (tertiary/aromatic N) is 2. The van der Waals surface area contributed by atoms with Gasteiger partial charge in [-0.05, 0) is 36.4 Å². The molecule has 0 unspecified atom stereocenters. The second-order valence-corrected chi connectivity index (χ2v) is 6.74. The largest absolute Gasteiger partial charge is 0.366 e. The lowest BCUT2D eigenvalue weighted by Crippen LogP contribution is -2.35. The second kappa shape index (κ2) is 5.87.